The third-order valence-corrected chi connectivity index (χ3v) is 6.75. The highest BCUT2D eigenvalue weighted by Gasteiger charge is 2.36. The van der Waals surface area contributed by atoms with Crippen LogP contribution >= 0.6 is 0 Å². The minimum atomic E-state index is 0. The molecule has 3 heteroatoms. The smallest absolute Gasteiger partial charge is 0.106 e. The molecule has 2 nitrogen and oxygen atoms in total. The minimum Gasteiger partial charge on any atom is -1.00 e. The predicted molar refractivity (Wildman–Crippen MR) is 111 cm³/mol. The number of aryl methyl sites for hydroxylation is 1. The number of fused-ring (bicyclic) bond motifs is 1. The molecule has 2 aromatic rings. The molecule has 0 aromatic heterocycles. The van der Waals surface area contributed by atoms with Crippen LogP contribution in [-0.2, 0) is 12.8 Å². The number of hydrogen-bond donors (Lipinski definition) is 0. The summed E-state index contributed by atoms with van der Waals surface area (Å²) in [5.41, 5.74) is 5.84. The summed E-state index contributed by atoms with van der Waals surface area (Å²) < 4.78 is 1.17. The van der Waals surface area contributed by atoms with E-state index in [4.69, 9.17) is 0 Å². The standard InChI is InChI=1S/C24H33N2.HI/c1-19-11-13-22(14-12-19)25(18-24-10-6-7-15-26(24,2)3)23-16-20-8-4-5-9-21(20)17-23;/h4-5,8-9,11-14,23-24H,6-7,10,15-18H2,1-3H3;1H/q+1;/p-1. The van der Waals surface area contributed by atoms with E-state index in [1.807, 2.05) is 0 Å². The van der Waals surface area contributed by atoms with Crippen LogP contribution in [0, 0.1) is 6.92 Å². The minimum absolute atomic E-state index is 0. The number of rotatable bonds is 4. The largest absolute Gasteiger partial charge is 1.00 e. The van der Waals surface area contributed by atoms with Crippen LogP contribution in [0.25, 0.3) is 0 Å². The summed E-state index contributed by atoms with van der Waals surface area (Å²) in [7, 11) is 4.86. The topological polar surface area (TPSA) is 3.24 Å². The van der Waals surface area contributed by atoms with Gasteiger partial charge in [-0.15, -0.1) is 0 Å². The molecule has 2 aliphatic rings. The Morgan fingerprint density at radius 2 is 1.56 bits per heavy atom. The Kier molecular flexibility index (Phi) is 6.52. The number of likely N-dealkylation sites (tertiary alicyclic amines) is 1. The molecule has 1 saturated heterocycles. The van der Waals surface area contributed by atoms with Gasteiger partial charge in [0, 0.05) is 18.2 Å². The number of anilines is 1. The van der Waals surface area contributed by atoms with Crippen molar-refractivity contribution in [1.29, 1.82) is 0 Å². The Labute approximate surface area is 182 Å². The van der Waals surface area contributed by atoms with Crippen molar-refractivity contribution < 1.29 is 28.5 Å². The summed E-state index contributed by atoms with van der Waals surface area (Å²) in [5, 5.41) is 0. The Morgan fingerprint density at radius 1 is 0.926 bits per heavy atom. The molecule has 27 heavy (non-hydrogen) atoms. The van der Waals surface area contributed by atoms with Gasteiger partial charge in [-0.2, -0.15) is 0 Å². The quantitative estimate of drug-likeness (QED) is 0.479. The first-order valence-corrected chi connectivity index (χ1v) is 10.3. The molecule has 2 aromatic carbocycles. The van der Waals surface area contributed by atoms with Gasteiger partial charge in [-0.3, -0.25) is 0 Å². The zero-order valence-electron chi connectivity index (χ0n) is 17.0. The molecule has 1 unspecified atom stereocenters. The molecular formula is C24H33IN2. The predicted octanol–water partition coefficient (Wildman–Crippen LogP) is 1.60. The lowest BCUT2D eigenvalue weighted by Crippen LogP contribution is -3.00. The van der Waals surface area contributed by atoms with E-state index in [9.17, 15) is 0 Å². The fourth-order valence-corrected chi connectivity index (χ4v) is 4.93. The van der Waals surface area contributed by atoms with Crippen LogP contribution in [0.1, 0.15) is 36.0 Å². The van der Waals surface area contributed by atoms with E-state index >= 15 is 0 Å². The SMILES string of the molecule is Cc1ccc(N(CC2CCCC[N+]2(C)C)C2Cc3ccccc3C2)cc1.[I-]. The average Bonchev–Trinajstić information content (AvgIpc) is 3.05. The van der Waals surface area contributed by atoms with E-state index in [1.54, 1.807) is 11.1 Å². The average molecular weight is 476 g/mol. The van der Waals surface area contributed by atoms with Crippen LogP contribution in [0.15, 0.2) is 48.5 Å². The second-order valence-electron chi connectivity index (χ2n) is 8.97. The van der Waals surface area contributed by atoms with E-state index < -0.39 is 0 Å². The molecule has 4 rings (SSSR count). The highest BCUT2D eigenvalue weighted by molar-refractivity contribution is 5.51. The Bertz CT molecular complexity index is 728. The molecule has 0 bridgehead atoms. The van der Waals surface area contributed by atoms with E-state index in [-0.39, 0.29) is 24.0 Å². The van der Waals surface area contributed by atoms with Crippen molar-refractivity contribution in [2.24, 2.45) is 0 Å². The van der Waals surface area contributed by atoms with Crippen LogP contribution < -0.4 is 28.9 Å². The number of likely N-dealkylation sites (N-methyl/N-ethyl adjacent to an activating group) is 1. The fourth-order valence-electron chi connectivity index (χ4n) is 4.93. The highest BCUT2D eigenvalue weighted by Crippen LogP contribution is 2.31. The zero-order valence-corrected chi connectivity index (χ0v) is 19.2. The summed E-state index contributed by atoms with van der Waals surface area (Å²) in [4.78, 5) is 2.73. The first kappa shape index (κ1) is 20.7. The van der Waals surface area contributed by atoms with Gasteiger partial charge < -0.3 is 33.4 Å². The van der Waals surface area contributed by atoms with Crippen molar-refractivity contribution in [3.8, 4) is 0 Å². The van der Waals surface area contributed by atoms with E-state index in [2.05, 4.69) is 74.4 Å². The number of quaternary nitrogens is 1. The first-order chi connectivity index (χ1) is 12.5. The van der Waals surface area contributed by atoms with Crippen molar-refractivity contribution in [3.63, 3.8) is 0 Å². The lowest BCUT2D eigenvalue weighted by atomic mass is 9.98. The molecule has 0 saturated carbocycles. The fraction of sp³-hybridized carbons (Fsp3) is 0.500. The van der Waals surface area contributed by atoms with Gasteiger partial charge in [-0.1, -0.05) is 42.0 Å². The third kappa shape index (κ3) is 4.51. The number of halogens is 1. The van der Waals surface area contributed by atoms with Crippen molar-refractivity contribution in [2.45, 2.75) is 51.1 Å². The molecule has 146 valence electrons. The molecule has 0 amide bonds. The van der Waals surface area contributed by atoms with Crippen LogP contribution in [0.4, 0.5) is 5.69 Å². The van der Waals surface area contributed by atoms with Gasteiger partial charge in [-0.05, 0) is 55.9 Å². The van der Waals surface area contributed by atoms with Gasteiger partial charge in [0.2, 0.25) is 0 Å². The molecule has 1 atom stereocenters. The van der Waals surface area contributed by atoms with Gasteiger partial charge in [0.1, 0.15) is 6.04 Å². The summed E-state index contributed by atoms with van der Waals surface area (Å²) >= 11 is 0. The summed E-state index contributed by atoms with van der Waals surface area (Å²) in [6.07, 6.45) is 6.49. The molecule has 0 spiro atoms. The van der Waals surface area contributed by atoms with Gasteiger partial charge in [0.25, 0.3) is 0 Å². The monoisotopic (exact) mass is 476 g/mol. The normalized spacial score (nSPS) is 21.4. The highest BCUT2D eigenvalue weighted by atomic mass is 127. The van der Waals surface area contributed by atoms with Gasteiger partial charge >= 0.3 is 0 Å². The summed E-state index contributed by atoms with van der Waals surface area (Å²) in [6, 6.07) is 19.6. The van der Waals surface area contributed by atoms with Crippen LogP contribution in [0.2, 0.25) is 0 Å². The van der Waals surface area contributed by atoms with E-state index in [0.717, 1.165) is 6.04 Å². The van der Waals surface area contributed by atoms with Crippen molar-refractivity contribution in [3.05, 3.63) is 65.2 Å². The second kappa shape index (κ2) is 8.52. The lowest BCUT2D eigenvalue weighted by Gasteiger charge is -2.45. The number of benzene rings is 2. The van der Waals surface area contributed by atoms with Crippen LogP contribution in [0.5, 0.6) is 0 Å². The molecule has 1 fully saturated rings. The Morgan fingerprint density at radius 3 is 2.15 bits per heavy atom. The van der Waals surface area contributed by atoms with Gasteiger partial charge in [0.05, 0.1) is 27.2 Å². The number of piperidine rings is 1. The van der Waals surface area contributed by atoms with Crippen LogP contribution in [0.3, 0.4) is 0 Å². The van der Waals surface area contributed by atoms with Gasteiger partial charge in [0.15, 0.2) is 0 Å². The maximum Gasteiger partial charge on any atom is 0.106 e. The van der Waals surface area contributed by atoms with Crippen molar-refractivity contribution >= 4 is 5.69 Å². The van der Waals surface area contributed by atoms with Crippen LogP contribution in [-0.4, -0.2) is 43.8 Å². The maximum atomic E-state index is 2.73. The lowest BCUT2D eigenvalue weighted by molar-refractivity contribution is -0.918. The molecule has 0 N–H and O–H groups in total. The second-order valence-corrected chi connectivity index (χ2v) is 8.97. The van der Waals surface area contributed by atoms with E-state index in [0.29, 0.717) is 6.04 Å². The zero-order chi connectivity index (χ0) is 18.1. The summed E-state index contributed by atoms with van der Waals surface area (Å²) in [5.74, 6) is 0. The molecular weight excluding hydrogens is 443 g/mol. The number of hydrogen-bond acceptors (Lipinski definition) is 1. The van der Waals surface area contributed by atoms with Crippen molar-refractivity contribution in [2.75, 3.05) is 32.1 Å². The Balaban J connectivity index is 0.00000210. The van der Waals surface area contributed by atoms with E-state index in [1.165, 1.54) is 60.9 Å². The molecule has 1 aliphatic heterocycles. The van der Waals surface area contributed by atoms with Crippen molar-refractivity contribution in [1.82, 2.24) is 0 Å². The first-order valence-electron chi connectivity index (χ1n) is 10.3. The third-order valence-electron chi connectivity index (χ3n) is 6.75. The summed E-state index contributed by atoms with van der Waals surface area (Å²) in [6.45, 7) is 4.67. The molecule has 1 aliphatic carbocycles. The van der Waals surface area contributed by atoms with Gasteiger partial charge in [-0.25, -0.2) is 0 Å². The molecule has 1 heterocycles. The maximum absolute atomic E-state index is 2.73. The Hall–Kier alpha value is -1.07. The molecule has 0 radical (unpaired) electrons. The number of nitrogens with zero attached hydrogens (tertiary/aromatic N) is 2.